The first-order valence-electron chi connectivity index (χ1n) is 7.08. The number of nitrogens with two attached hydrogens (primary N) is 1. The second-order valence-corrected chi connectivity index (χ2v) is 6.88. The fourth-order valence-electron chi connectivity index (χ4n) is 3.23. The molecule has 0 spiro atoms. The van der Waals surface area contributed by atoms with Crippen LogP contribution in [-0.4, -0.2) is 36.6 Å². The lowest BCUT2D eigenvalue weighted by atomic mass is 9.69. The predicted octanol–water partition coefficient (Wildman–Crippen LogP) is 2.33. The van der Waals surface area contributed by atoms with E-state index in [1.54, 1.807) is 0 Å². The Morgan fingerprint density at radius 3 is 2.94 bits per heavy atom. The fourth-order valence-corrected chi connectivity index (χ4v) is 4.41. The molecule has 18 heavy (non-hydrogen) atoms. The third-order valence-corrected chi connectivity index (χ3v) is 5.83. The lowest BCUT2D eigenvalue weighted by molar-refractivity contribution is 0.242. The van der Waals surface area contributed by atoms with E-state index in [0.29, 0.717) is 5.92 Å². The van der Waals surface area contributed by atoms with Crippen LogP contribution in [0.1, 0.15) is 48.7 Å². The van der Waals surface area contributed by atoms with Crippen molar-refractivity contribution in [1.82, 2.24) is 9.88 Å². The number of thiazole rings is 1. The van der Waals surface area contributed by atoms with Crippen LogP contribution in [0.5, 0.6) is 0 Å². The standard InChI is InChI=1S/C14H23N3S/c1-17-7-2-4-11(8-17)12-9-18-13(16-12)14(10-15)5-3-6-14/h9,11H,2-8,10,15H2,1H3. The second kappa shape index (κ2) is 4.91. The van der Waals surface area contributed by atoms with Gasteiger partial charge >= 0.3 is 0 Å². The van der Waals surface area contributed by atoms with E-state index in [1.165, 1.54) is 55.9 Å². The number of piperidine rings is 1. The zero-order valence-corrected chi connectivity index (χ0v) is 12.0. The van der Waals surface area contributed by atoms with Gasteiger partial charge in [-0.15, -0.1) is 11.3 Å². The van der Waals surface area contributed by atoms with Crippen LogP contribution < -0.4 is 5.73 Å². The third-order valence-electron chi connectivity index (χ3n) is 4.72. The Kier molecular flexibility index (Phi) is 3.43. The van der Waals surface area contributed by atoms with E-state index in [2.05, 4.69) is 17.3 Å². The summed E-state index contributed by atoms with van der Waals surface area (Å²) >= 11 is 1.84. The highest BCUT2D eigenvalue weighted by atomic mass is 32.1. The Labute approximate surface area is 113 Å². The minimum Gasteiger partial charge on any atom is -0.329 e. The van der Waals surface area contributed by atoms with Gasteiger partial charge in [-0.3, -0.25) is 0 Å². The van der Waals surface area contributed by atoms with Crippen molar-refractivity contribution >= 4 is 11.3 Å². The zero-order valence-electron chi connectivity index (χ0n) is 11.2. The van der Waals surface area contributed by atoms with Crippen LogP contribution in [0.4, 0.5) is 0 Å². The molecule has 2 fully saturated rings. The van der Waals surface area contributed by atoms with Crippen LogP contribution in [-0.2, 0) is 5.41 Å². The van der Waals surface area contributed by atoms with Gasteiger partial charge in [0.2, 0.25) is 0 Å². The summed E-state index contributed by atoms with van der Waals surface area (Å²) in [7, 11) is 2.22. The van der Waals surface area contributed by atoms with Gasteiger partial charge in [-0.25, -0.2) is 4.98 Å². The van der Waals surface area contributed by atoms with Crippen molar-refractivity contribution in [1.29, 1.82) is 0 Å². The van der Waals surface area contributed by atoms with Gasteiger partial charge < -0.3 is 10.6 Å². The van der Waals surface area contributed by atoms with Crippen molar-refractivity contribution < 1.29 is 0 Å². The molecule has 0 bridgehead atoms. The molecule has 100 valence electrons. The molecule has 0 aromatic carbocycles. The molecular formula is C14H23N3S. The van der Waals surface area contributed by atoms with Crippen LogP contribution in [0, 0.1) is 0 Å². The maximum Gasteiger partial charge on any atom is 0.100 e. The Balaban J connectivity index is 1.76. The maximum absolute atomic E-state index is 5.97. The number of rotatable bonds is 3. The number of likely N-dealkylation sites (N-methyl/N-ethyl adjacent to an activating group) is 1. The molecule has 1 unspecified atom stereocenters. The van der Waals surface area contributed by atoms with E-state index in [0.717, 1.165) is 6.54 Å². The van der Waals surface area contributed by atoms with E-state index >= 15 is 0 Å². The highest BCUT2D eigenvalue weighted by Crippen LogP contribution is 2.44. The van der Waals surface area contributed by atoms with E-state index in [4.69, 9.17) is 10.7 Å². The fraction of sp³-hybridized carbons (Fsp3) is 0.786. The Bertz CT molecular complexity index is 405. The monoisotopic (exact) mass is 265 g/mol. The van der Waals surface area contributed by atoms with Crippen molar-refractivity contribution in [3.8, 4) is 0 Å². The van der Waals surface area contributed by atoms with Gasteiger partial charge in [-0.2, -0.15) is 0 Å². The molecule has 1 aliphatic heterocycles. The first kappa shape index (κ1) is 12.6. The maximum atomic E-state index is 5.97. The summed E-state index contributed by atoms with van der Waals surface area (Å²) in [5, 5.41) is 3.59. The first-order chi connectivity index (χ1) is 8.73. The number of hydrogen-bond acceptors (Lipinski definition) is 4. The molecule has 1 aromatic rings. The van der Waals surface area contributed by atoms with Crippen molar-refractivity contribution in [3.63, 3.8) is 0 Å². The number of nitrogens with zero attached hydrogens (tertiary/aromatic N) is 2. The largest absolute Gasteiger partial charge is 0.329 e. The van der Waals surface area contributed by atoms with Crippen LogP contribution in [0.2, 0.25) is 0 Å². The Morgan fingerprint density at radius 1 is 1.50 bits per heavy atom. The van der Waals surface area contributed by atoms with Gasteiger partial charge in [0.15, 0.2) is 0 Å². The molecule has 1 aliphatic carbocycles. The summed E-state index contributed by atoms with van der Waals surface area (Å²) in [6.45, 7) is 3.17. The van der Waals surface area contributed by atoms with Crippen molar-refractivity contribution in [2.75, 3.05) is 26.7 Å². The number of hydrogen-bond donors (Lipinski definition) is 1. The SMILES string of the molecule is CN1CCCC(c2csc(C3(CN)CCC3)n2)C1. The van der Waals surface area contributed by atoms with Gasteiger partial charge in [0, 0.05) is 29.8 Å². The van der Waals surface area contributed by atoms with E-state index < -0.39 is 0 Å². The summed E-state index contributed by atoms with van der Waals surface area (Å²) < 4.78 is 0. The van der Waals surface area contributed by atoms with Crippen LogP contribution in [0.3, 0.4) is 0 Å². The molecule has 0 amide bonds. The molecule has 1 saturated heterocycles. The van der Waals surface area contributed by atoms with Crippen LogP contribution in [0.25, 0.3) is 0 Å². The Morgan fingerprint density at radius 2 is 2.33 bits per heavy atom. The van der Waals surface area contributed by atoms with Crippen molar-refractivity contribution in [2.24, 2.45) is 5.73 Å². The molecule has 1 saturated carbocycles. The van der Waals surface area contributed by atoms with Gasteiger partial charge in [-0.1, -0.05) is 6.42 Å². The lowest BCUT2D eigenvalue weighted by Crippen LogP contribution is -2.41. The smallest absolute Gasteiger partial charge is 0.100 e. The topological polar surface area (TPSA) is 42.1 Å². The predicted molar refractivity (Wildman–Crippen MR) is 76.2 cm³/mol. The first-order valence-corrected chi connectivity index (χ1v) is 7.96. The Hall–Kier alpha value is -0.450. The molecule has 3 rings (SSSR count). The third kappa shape index (κ3) is 2.10. The molecule has 4 heteroatoms. The molecule has 1 atom stereocenters. The molecule has 0 radical (unpaired) electrons. The molecule has 3 nitrogen and oxygen atoms in total. The second-order valence-electron chi connectivity index (χ2n) is 6.02. The highest BCUT2D eigenvalue weighted by Gasteiger charge is 2.40. The van der Waals surface area contributed by atoms with Crippen molar-refractivity contribution in [2.45, 2.75) is 43.4 Å². The van der Waals surface area contributed by atoms with Crippen molar-refractivity contribution in [3.05, 3.63) is 16.1 Å². The molecule has 2 N–H and O–H groups in total. The minimum absolute atomic E-state index is 0.240. The molecule has 2 aliphatic rings. The minimum atomic E-state index is 0.240. The molecule has 2 heterocycles. The lowest BCUT2D eigenvalue weighted by Gasteiger charge is -2.39. The normalized spacial score (nSPS) is 28.0. The van der Waals surface area contributed by atoms with Gasteiger partial charge in [0.25, 0.3) is 0 Å². The number of likely N-dealkylation sites (tertiary alicyclic amines) is 1. The summed E-state index contributed by atoms with van der Waals surface area (Å²) in [4.78, 5) is 7.37. The van der Waals surface area contributed by atoms with Gasteiger partial charge in [-0.05, 0) is 39.3 Å². The van der Waals surface area contributed by atoms with Crippen LogP contribution >= 0.6 is 11.3 Å². The van der Waals surface area contributed by atoms with E-state index in [9.17, 15) is 0 Å². The quantitative estimate of drug-likeness (QED) is 0.912. The average Bonchev–Trinajstić information content (AvgIpc) is 2.78. The average molecular weight is 265 g/mol. The summed E-state index contributed by atoms with van der Waals surface area (Å²) in [6, 6.07) is 0. The van der Waals surface area contributed by atoms with Crippen LogP contribution in [0.15, 0.2) is 5.38 Å². The molecular weight excluding hydrogens is 242 g/mol. The summed E-state index contributed by atoms with van der Waals surface area (Å²) in [5.41, 5.74) is 7.53. The number of aromatic nitrogens is 1. The zero-order chi connectivity index (χ0) is 12.6. The van der Waals surface area contributed by atoms with E-state index in [1.807, 2.05) is 11.3 Å². The highest BCUT2D eigenvalue weighted by molar-refractivity contribution is 7.09. The summed E-state index contributed by atoms with van der Waals surface area (Å²) in [6.07, 6.45) is 6.39. The van der Waals surface area contributed by atoms with Gasteiger partial charge in [0.05, 0.1) is 5.69 Å². The molecule has 1 aromatic heterocycles. The summed E-state index contributed by atoms with van der Waals surface area (Å²) in [5.74, 6) is 0.642. The van der Waals surface area contributed by atoms with E-state index in [-0.39, 0.29) is 5.41 Å². The van der Waals surface area contributed by atoms with Gasteiger partial charge in [0.1, 0.15) is 5.01 Å².